The second kappa shape index (κ2) is 5.16. The summed E-state index contributed by atoms with van der Waals surface area (Å²) in [5, 5.41) is 16.0. The zero-order chi connectivity index (χ0) is 15.8. The molecule has 4 rings (SSSR count). The molecule has 4 aromatic rings. The molecule has 0 saturated heterocycles. The molecule has 23 heavy (non-hydrogen) atoms. The molecule has 0 amide bonds. The highest BCUT2D eigenvalue weighted by Crippen LogP contribution is 2.25. The van der Waals surface area contributed by atoms with Gasteiger partial charge in [0, 0.05) is 0 Å². The van der Waals surface area contributed by atoms with Crippen molar-refractivity contribution in [2.24, 2.45) is 0 Å². The van der Waals surface area contributed by atoms with Gasteiger partial charge in [0.05, 0.1) is 17.6 Å². The minimum atomic E-state index is -0.313. The van der Waals surface area contributed by atoms with E-state index in [9.17, 15) is 4.39 Å². The highest BCUT2D eigenvalue weighted by Gasteiger charge is 2.19. The first-order valence-corrected chi connectivity index (χ1v) is 6.78. The van der Waals surface area contributed by atoms with Gasteiger partial charge in [0.25, 0.3) is 11.8 Å². The van der Waals surface area contributed by atoms with Crippen LogP contribution in [0.1, 0.15) is 5.69 Å². The van der Waals surface area contributed by atoms with Crippen LogP contribution in [-0.4, -0.2) is 25.2 Å². The van der Waals surface area contributed by atoms with Crippen LogP contribution in [0.3, 0.4) is 0 Å². The Hall–Kier alpha value is -3.29. The molecule has 0 aliphatic carbocycles. The predicted octanol–water partition coefficient (Wildman–Crippen LogP) is 3.02. The van der Waals surface area contributed by atoms with E-state index >= 15 is 0 Å². The standard InChI is InChI=1S/C15H10FN5O2/c1-9-13(15-19-18-14(23-15)12-3-2-8-22-12)17-20-21(9)11-6-4-10(16)5-7-11/h2-8H,1H3. The van der Waals surface area contributed by atoms with Gasteiger partial charge in [-0.05, 0) is 43.3 Å². The molecule has 0 saturated carbocycles. The number of hydrogen-bond donors (Lipinski definition) is 0. The van der Waals surface area contributed by atoms with E-state index in [4.69, 9.17) is 8.83 Å². The van der Waals surface area contributed by atoms with Gasteiger partial charge >= 0.3 is 0 Å². The van der Waals surface area contributed by atoms with Crippen molar-refractivity contribution >= 4 is 0 Å². The Balaban J connectivity index is 1.72. The van der Waals surface area contributed by atoms with Crippen molar-refractivity contribution in [2.45, 2.75) is 6.92 Å². The summed E-state index contributed by atoms with van der Waals surface area (Å²) >= 11 is 0. The third kappa shape index (κ3) is 2.30. The first-order valence-electron chi connectivity index (χ1n) is 6.78. The molecule has 0 bridgehead atoms. The third-order valence-electron chi connectivity index (χ3n) is 3.33. The molecule has 7 nitrogen and oxygen atoms in total. The van der Waals surface area contributed by atoms with E-state index in [1.54, 1.807) is 28.9 Å². The van der Waals surface area contributed by atoms with Crippen LogP contribution in [-0.2, 0) is 0 Å². The highest BCUT2D eigenvalue weighted by molar-refractivity contribution is 5.54. The van der Waals surface area contributed by atoms with Gasteiger partial charge in [-0.2, -0.15) is 0 Å². The summed E-state index contributed by atoms with van der Waals surface area (Å²) in [7, 11) is 0. The van der Waals surface area contributed by atoms with E-state index < -0.39 is 0 Å². The number of aromatic nitrogens is 5. The van der Waals surface area contributed by atoms with Crippen LogP contribution in [0.2, 0.25) is 0 Å². The van der Waals surface area contributed by atoms with Crippen LogP contribution in [0.25, 0.3) is 28.9 Å². The lowest BCUT2D eigenvalue weighted by Gasteiger charge is -2.02. The molecule has 8 heteroatoms. The molecule has 3 heterocycles. The van der Waals surface area contributed by atoms with Gasteiger partial charge in [-0.3, -0.25) is 0 Å². The Bertz CT molecular complexity index is 941. The van der Waals surface area contributed by atoms with Crippen molar-refractivity contribution in [1.82, 2.24) is 25.2 Å². The van der Waals surface area contributed by atoms with Gasteiger partial charge in [0.2, 0.25) is 0 Å². The lowest BCUT2D eigenvalue weighted by molar-refractivity contribution is 0.522. The number of nitrogens with zero attached hydrogens (tertiary/aromatic N) is 5. The van der Waals surface area contributed by atoms with Crippen LogP contribution in [0.4, 0.5) is 4.39 Å². The zero-order valence-electron chi connectivity index (χ0n) is 12.0. The molecule has 0 unspecified atom stereocenters. The summed E-state index contributed by atoms with van der Waals surface area (Å²) in [6.07, 6.45) is 1.52. The maximum absolute atomic E-state index is 13.0. The van der Waals surface area contributed by atoms with Crippen molar-refractivity contribution < 1.29 is 13.2 Å². The number of benzene rings is 1. The second-order valence-electron chi connectivity index (χ2n) is 4.80. The van der Waals surface area contributed by atoms with Crippen molar-refractivity contribution in [2.75, 3.05) is 0 Å². The van der Waals surface area contributed by atoms with Gasteiger partial charge in [-0.25, -0.2) is 9.07 Å². The molecule has 0 radical (unpaired) electrons. The molecule has 0 N–H and O–H groups in total. The number of furan rings is 1. The molecule has 0 aliphatic rings. The van der Waals surface area contributed by atoms with E-state index in [0.717, 1.165) is 0 Å². The van der Waals surface area contributed by atoms with Gasteiger partial charge < -0.3 is 8.83 Å². The number of rotatable bonds is 3. The number of halogens is 1. The maximum Gasteiger partial charge on any atom is 0.283 e. The van der Waals surface area contributed by atoms with Gasteiger partial charge in [0.1, 0.15) is 5.82 Å². The monoisotopic (exact) mass is 311 g/mol. The molecular weight excluding hydrogens is 301 g/mol. The fourth-order valence-electron chi connectivity index (χ4n) is 2.17. The van der Waals surface area contributed by atoms with E-state index in [0.29, 0.717) is 22.8 Å². The molecule has 0 atom stereocenters. The van der Waals surface area contributed by atoms with Crippen LogP contribution in [0.5, 0.6) is 0 Å². The first-order chi connectivity index (χ1) is 11.2. The van der Waals surface area contributed by atoms with Crippen molar-refractivity contribution in [3.05, 3.63) is 54.2 Å². The Labute approximate surface area is 129 Å². The SMILES string of the molecule is Cc1c(-c2nnc(-c3ccco3)o2)nnn1-c1ccc(F)cc1. The average Bonchev–Trinajstić information content (AvgIpc) is 3.27. The highest BCUT2D eigenvalue weighted by atomic mass is 19.1. The Morgan fingerprint density at radius 3 is 2.52 bits per heavy atom. The van der Waals surface area contributed by atoms with Crippen molar-refractivity contribution in [3.8, 4) is 28.9 Å². The van der Waals surface area contributed by atoms with Crippen molar-refractivity contribution in [3.63, 3.8) is 0 Å². The molecule has 0 fully saturated rings. The molecule has 0 spiro atoms. The summed E-state index contributed by atoms with van der Waals surface area (Å²) in [4.78, 5) is 0. The fraction of sp³-hybridized carbons (Fsp3) is 0.0667. The van der Waals surface area contributed by atoms with E-state index in [2.05, 4.69) is 20.5 Å². The second-order valence-corrected chi connectivity index (χ2v) is 4.80. The lowest BCUT2D eigenvalue weighted by Crippen LogP contribution is -1.99. The summed E-state index contributed by atoms with van der Waals surface area (Å²) < 4.78 is 25.4. The maximum atomic E-state index is 13.0. The van der Waals surface area contributed by atoms with Crippen LogP contribution >= 0.6 is 0 Å². The predicted molar refractivity (Wildman–Crippen MR) is 77.0 cm³/mol. The van der Waals surface area contributed by atoms with Crippen molar-refractivity contribution in [1.29, 1.82) is 0 Å². The van der Waals surface area contributed by atoms with E-state index in [-0.39, 0.29) is 17.6 Å². The van der Waals surface area contributed by atoms with Crippen LogP contribution < -0.4 is 0 Å². The molecular formula is C15H10FN5O2. The van der Waals surface area contributed by atoms with E-state index in [1.165, 1.54) is 18.4 Å². The Morgan fingerprint density at radius 1 is 1.00 bits per heavy atom. The smallest absolute Gasteiger partial charge is 0.283 e. The van der Waals surface area contributed by atoms with Gasteiger partial charge in [-0.15, -0.1) is 15.3 Å². The minimum Gasteiger partial charge on any atom is -0.459 e. The molecule has 3 aromatic heterocycles. The number of hydrogen-bond acceptors (Lipinski definition) is 6. The lowest BCUT2D eigenvalue weighted by atomic mass is 10.3. The van der Waals surface area contributed by atoms with E-state index in [1.807, 2.05) is 6.92 Å². The molecule has 1 aromatic carbocycles. The Kier molecular flexibility index (Phi) is 3.00. The summed E-state index contributed by atoms with van der Waals surface area (Å²) in [5.41, 5.74) is 1.85. The minimum absolute atomic E-state index is 0.238. The normalized spacial score (nSPS) is 11.0. The summed E-state index contributed by atoms with van der Waals surface area (Å²) in [6, 6.07) is 9.40. The largest absolute Gasteiger partial charge is 0.459 e. The Morgan fingerprint density at radius 2 is 1.78 bits per heavy atom. The summed E-state index contributed by atoms with van der Waals surface area (Å²) in [6.45, 7) is 1.81. The first kappa shape index (κ1) is 13.4. The quantitative estimate of drug-likeness (QED) is 0.578. The summed E-state index contributed by atoms with van der Waals surface area (Å²) in [5.74, 6) is 0.669. The van der Waals surface area contributed by atoms with Gasteiger partial charge in [-0.1, -0.05) is 5.21 Å². The zero-order valence-corrected chi connectivity index (χ0v) is 12.0. The van der Waals surface area contributed by atoms with Crippen LogP contribution in [0.15, 0.2) is 51.5 Å². The topological polar surface area (TPSA) is 82.8 Å². The average molecular weight is 311 g/mol. The molecule has 0 aliphatic heterocycles. The third-order valence-corrected chi connectivity index (χ3v) is 3.33. The van der Waals surface area contributed by atoms with Gasteiger partial charge in [0.15, 0.2) is 11.5 Å². The molecule has 114 valence electrons. The fourth-order valence-corrected chi connectivity index (χ4v) is 2.17. The van der Waals surface area contributed by atoms with Crippen LogP contribution in [0, 0.1) is 12.7 Å².